The van der Waals surface area contributed by atoms with Crippen LogP contribution in [0.4, 0.5) is 4.79 Å². The van der Waals surface area contributed by atoms with E-state index in [4.69, 9.17) is 4.74 Å². The van der Waals surface area contributed by atoms with Crippen LogP contribution in [-0.2, 0) is 4.79 Å². The lowest BCUT2D eigenvalue weighted by atomic mass is 9.98. The van der Waals surface area contributed by atoms with Crippen LogP contribution < -0.4 is 10.1 Å². The lowest BCUT2D eigenvalue weighted by Crippen LogP contribution is -2.44. The van der Waals surface area contributed by atoms with Gasteiger partial charge in [-0.25, -0.2) is 4.79 Å². The van der Waals surface area contributed by atoms with E-state index in [2.05, 4.69) is 5.32 Å². The summed E-state index contributed by atoms with van der Waals surface area (Å²) in [6, 6.07) is 7.51. The second kappa shape index (κ2) is 6.20. The number of urea groups is 1. The molecule has 1 spiro atoms. The number of carbonyl (C=O) groups is 2. The van der Waals surface area contributed by atoms with E-state index in [1.807, 2.05) is 24.3 Å². The summed E-state index contributed by atoms with van der Waals surface area (Å²) in [4.78, 5) is 27.0. The van der Waals surface area contributed by atoms with Crippen molar-refractivity contribution in [3.63, 3.8) is 0 Å². The first-order valence-electron chi connectivity index (χ1n) is 7.56. The van der Waals surface area contributed by atoms with E-state index >= 15 is 0 Å². The van der Waals surface area contributed by atoms with Crippen LogP contribution in [0.3, 0.4) is 0 Å². The number of methoxy groups -OCH3 is 1. The lowest BCUT2D eigenvalue weighted by molar-refractivity contribution is -0.130. The highest BCUT2D eigenvalue weighted by molar-refractivity contribution is 7.99. The van der Waals surface area contributed by atoms with Gasteiger partial charge in [0.05, 0.1) is 7.11 Å². The molecule has 6 heteroatoms. The summed E-state index contributed by atoms with van der Waals surface area (Å²) in [5, 5.41) is 2.90. The lowest BCUT2D eigenvalue weighted by Gasteiger charge is -2.20. The van der Waals surface area contributed by atoms with Gasteiger partial charge in [-0.15, -0.1) is 11.8 Å². The highest BCUT2D eigenvalue weighted by Crippen LogP contribution is 2.35. The van der Waals surface area contributed by atoms with Gasteiger partial charge in [-0.1, -0.05) is 25.0 Å². The van der Waals surface area contributed by atoms with Gasteiger partial charge in [0.2, 0.25) is 0 Å². The maximum atomic E-state index is 12.5. The Balaban J connectivity index is 1.60. The Morgan fingerprint density at radius 2 is 2.00 bits per heavy atom. The minimum absolute atomic E-state index is 0.0457. The molecule has 1 aromatic carbocycles. The number of imide groups is 1. The molecule has 1 aliphatic heterocycles. The molecular formula is C16H20N2O3S. The Morgan fingerprint density at radius 3 is 2.73 bits per heavy atom. The first-order valence-corrected chi connectivity index (χ1v) is 8.55. The number of ether oxygens (including phenoxy) is 1. The number of rotatable bonds is 5. The van der Waals surface area contributed by atoms with E-state index < -0.39 is 5.54 Å². The van der Waals surface area contributed by atoms with E-state index in [0.29, 0.717) is 12.3 Å². The Kier molecular flexibility index (Phi) is 4.29. The highest BCUT2D eigenvalue weighted by Gasteiger charge is 2.52. The van der Waals surface area contributed by atoms with Gasteiger partial charge in [-0.3, -0.25) is 9.69 Å². The average molecular weight is 320 g/mol. The van der Waals surface area contributed by atoms with Crippen LogP contribution in [-0.4, -0.2) is 41.8 Å². The second-order valence-electron chi connectivity index (χ2n) is 5.68. The number of amides is 3. The molecule has 5 nitrogen and oxygen atoms in total. The molecule has 118 valence electrons. The second-order valence-corrected chi connectivity index (χ2v) is 6.81. The summed E-state index contributed by atoms with van der Waals surface area (Å²) >= 11 is 1.59. The summed E-state index contributed by atoms with van der Waals surface area (Å²) in [6.07, 6.45) is 3.56. The molecule has 0 radical (unpaired) electrons. The molecule has 0 atom stereocenters. The predicted octanol–water partition coefficient (Wildman–Crippen LogP) is 2.65. The standard InChI is InChI=1S/C16H20N2O3S/c1-21-12-6-2-3-7-13(12)22-11-10-18-14(19)16(17-15(18)20)8-4-5-9-16/h2-3,6-7H,4-5,8-11H2,1H3,(H,17,20). The van der Waals surface area contributed by atoms with Crippen LogP contribution in [0.15, 0.2) is 29.2 Å². The molecule has 1 N–H and O–H groups in total. The molecule has 1 saturated carbocycles. The quantitative estimate of drug-likeness (QED) is 0.669. The number of nitrogens with zero attached hydrogens (tertiary/aromatic N) is 1. The van der Waals surface area contributed by atoms with Crippen LogP contribution in [0.2, 0.25) is 0 Å². The summed E-state index contributed by atoms with van der Waals surface area (Å²) in [6.45, 7) is 0.426. The fraction of sp³-hybridized carbons (Fsp3) is 0.500. The number of carbonyl (C=O) groups excluding carboxylic acids is 2. The third kappa shape index (κ3) is 2.67. The van der Waals surface area contributed by atoms with Crippen molar-refractivity contribution in [3.05, 3.63) is 24.3 Å². The van der Waals surface area contributed by atoms with E-state index in [-0.39, 0.29) is 11.9 Å². The zero-order valence-corrected chi connectivity index (χ0v) is 13.4. The molecule has 1 aliphatic carbocycles. The molecule has 2 aliphatic rings. The highest BCUT2D eigenvalue weighted by atomic mass is 32.2. The van der Waals surface area contributed by atoms with Crippen LogP contribution in [0, 0.1) is 0 Å². The van der Waals surface area contributed by atoms with Crippen LogP contribution >= 0.6 is 11.8 Å². The van der Waals surface area contributed by atoms with Gasteiger partial charge in [0.15, 0.2) is 0 Å². The molecular weight excluding hydrogens is 300 g/mol. The van der Waals surface area contributed by atoms with Gasteiger partial charge < -0.3 is 10.1 Å². The minimum atomic E-state index is -0.605. The molecule has 3 rings (SSSR count). The number of nitrogens with one attached hydrogen (secondary N) is 1. The number of benzene rings is 1. The summed E-state index contributed by atoms with van der Waals surface area (Å²) in [5.74, 6) is 1.43. The predicted molar refractivity (Wildman–Crippen MR) is 85.2 cm³/mol. The summed E-state index contributed by atoms with van der Waals surface area (Å²) < 4.78 is 5.31. The molecule has 2 fully saturated rings. The van der Waals surface area contributed by atoms with E-state index in [1.54, 1.807) is 18.9 Å². The normalized spacial score (nSPS) is 19.8. The van der Waals surface area contributed by atoms with E-state index in [1.165, 1.54) is 4.90 Å². The maximum absolute atomic E-state index is 12.5. The van der Waals surface area contributed by atoms with Gasteiger partial charge in [0.1, 0.15) is 11.3 Å². The minimum Gasteiger partial charge on any atom is -0.496 e. The molecule has 1 heterocycles. The molecule has 0 unspecified atom stereocenters. The van der Waals surface area contributed by atoms with Crippen molar-refractivity contribution in [3.8, 4) is 5.75 Å². The largest absolute Gasteiger partial charge is 0.496 e. The van der Waals surface area contributed by atoms with Crippen LogP contribution in [0.5, 0.6) is 5.75 Å². The maximum Gasteiger partial charge on any atom is 0.325 e. The van der Waals surface area contributed by atoms with Gasteiger partial charge in [-0.2, -0.15) is 0 Å². The fourth-order valence-corrected chi connectivity index (χ4v) is 4.14. The van der Waals surface area contributed by atoms with Crippen molar-refractivity contribution in [2.24, 2.45) is 0 Å². The third-order valence-electron chi connectivity index (χ3n) is 4.34. The van der Waals surface area contributed by atoms with E-state index in [9.17, 15) is 9.59 Å². The molecule has 1 saturated heterocycles. The smallest absolute Gasteiger partial charge is 0.325 e. The average Bonchev–Trinajstić information content (AvgIpc) is 3.08. The van der Waals surface area contributed by atoms with Crippen molar-refractivity contribution in [1.29, 1.82) is 0 Å². The summed E-state index contributed by atoms with van der Waals surface area (Å²) in [7, 11) is 1.64. The number of hydrogen-bond donors (Lipinski definition) is 1. The Morgan fingerprint density at radius 1 is 1.27 bits per heavy atom. The molecule has 1 aromatic rings. The Bertz CT molecular complexity index is 585. The van der Waals surface area contributed by atoms with Crippen molar-refractivity contribution >= 4 is 23.7 Å². The van der Waals surface area contributed by atoms with Crippen molar-refractivity contribution in [2.45, 2.75) is 36.1 Å². The van der Waals surface area contributed by atoms with Crippen LogP contribution in [0.1, 0.15) is 25.7 Å². The number of para-hydroxylation sites is 1. The zero-order valence-electron chi connectivity index (χ0n) is 12.6. The molecule has 22 heavy (non-hydrogen) atoms. The first-order chi connectivity index (χ1) is 10.7. The fourth-order valence-electron chi connectivity index (χ4n) is 3.18. The van der Waals surface area contributed by atoms with Crippen LogP contribution in [0.25, 0.3) is 0 Å². The molecule has 3 amide bonds. The summed E-state index contributed by atoms with van der Waals surface area (Å²) in [5.41, 5.74) is -0.605. The zero-order chi connectivity index (χ0) is 15.6. The van der Waals surface area contributed by atoms with Crippen molar-refractivity contribution in [2.75, 3.05) is 19.4 Å². The Labute approximate surface area is 134 Å². The van der Waals surface area contributed by atoms with Gasteiger partial charge in [0.25, 0.3) is 5.91 Å². The molecule has 0 bridgehead atoms. The number of thioether (sulfide) groups is 1. The monoisotopic (exact) mass is 320 g/mol. The third-order valence-corrected chi connectivity index (χ3v) is 5.38. The van der Waals surface area contributed by atoms with Gasteiger partial charge >= 0.3 is 6.03 Å². The van der Waals surface area contributed by atoms with Crippen molar-refractivity contribution < 1.29 is 14.3 Å². The van der Waals surface area contributed by atoms with Gasteiger partial charge in [0, 0.05) is 17.2 Å². The van der Waals surface area contributed by atoms with Gasteiger partial charge in [-0.05, 0) is 25.0 Å². The first kappa shape index (κ1) is 15.2. The SMILES string of the molecule is COc1ccccc1SCCN1C(=O)NC2(CCCC2)C1=O. The number of hydrogen-bond acceptors (Lipinski definition) is 4. The van der Waals surface area contributed by atoms with E-state index in [0.717, 1.165) is 36.3 Å². The molecule has 0 aromatic heterocycles. The topological polar surface area (TPSA) is 58.6 Å². The Hall–Kier alpha value is -1.69. The van der Waals surface area contributed by atoms with Crippen molar-refractivity contribution in [1.82, 2.24) is 10.2 Å².